The highest BCUT2D eigenvalue weighted by atomic mass is 16.5. The first kappa shape index (κ1) is 17.0. The molecular weight excluding hydrogens is 316 g/mol. The van der Waals surface area contributed by atoms with E-state index < -0.39 is 0 Å². The van der Waals surface area contributed by atoms with E-state index in [1.54, 1.807) is 4.90 Å². The second-order valence-corrected chi connectivity index (χ2v) is 6.41. The molecule has 0 aliphatic carbocycles. The van der Waals surface area contributed by atoms with E-state index in [2.05, 4.69) is 5.32 Å². The van der Waals surface area contributed by atoms with Gasteiger partial charge in [-0.1, -0.05) is 29.8 Å². The van der Waals surface area contributed by atoms with Gasteiger partial charge in [-0.2, -0.15) is 0 Å². The van der Waals surface area contributed by atoms with Crippen molar-refractivity contribution >= 4 is 17.5 Å². The summed E-state index contributed by atoms with van der Waals surface area (Å²) < 4.78 is 5.50. The smallest absolute Gasteiger partial charge is 0.258 e. The zero-order chi connectivity index (χ0) is 17.8. The van der Waals surface area contributed by atoms with Gasteiger partial charge in [0, 0.05) is 18.7 Å². The molecule has 130 valence electrons. The zero-order valence-corrected chi connectivity index (χ0v) is 14.5. The third kappa shape index (κ3) is 4.38. The maximum Gasteiger partial charge on any atom is 0.258 e. The van der Waals surface area contributed by atoms with Gasteiger partial charge >= 0.3 is 0 Å². The molecule has 1 atom stereocenters. The van der Waals surface area contributed by atoms with Crippen LogP contribution in [0.1, 0.15) is 17.5 Å². The minimum Gasteiger partial charge on any atom is -0.484 e. The summed E-state index contributed by atoms with van der Waals surface area (Å²) in [6, 6.07) is 15.2. The molecule has 0 unspecified atom stereocenters. The lowest BCUT2D eigenvalue weighted by Crippen LogP contribution is -2.39. The zero-order valence-electron chi connectivity index (χ0n) is 14.5. The van der Waals surface area contributed by atoms with E-state index in [0.717, 1.165) is 16.8 Å². The number of rotatable bonds is 5. The summed E-state index contributed by atoms with van der Waals surface area (Å²) in [7, 11) is 0. The van der Waals surface area contributed by atoms with Crippen LogP contribution in [0, 0.1) is 13.8 Å². The van der Waals surface area contributed by atoms with Crippen molar-refractivity contribution in [1.29, 1.82) is 0 Å². The van der Waals surface area contributed by atoms with Gasteiger partial charge in [0.1, 0.15) is 5.75 Å². The molecule has 0 radical (unpaired) electrons. The summed E-state index contributed by atoms with van der Waals surface area (Å²) in [4.78, 5) is 26.0. The minimum absolute atomic E-state index is 0.0220. The lowest BCUT2D eigenvalue weighted by atomic mass is 10.2. The molecule has 2 aromatic rings. The first-order chi connectivity index (χ1) is 12.0. The molecule has 0 saturated carbocycles. The Bertz CT molecular complexity index is 771. The van der Waals surface area contributed by atoms with Crippen LogP contribution in [0.25, 0.3) is 0 Å². The van der Waals surface area contributed by atoms with Gasteiger partial charge in [0.05, 0.1) is 6.04 Å². The van der Waals surface area contributed by atoms with E-state index in [9.17, 15) is 9.59 Å². The third-order valence-corrected chi connectivity index (χ3v) is 4.20. The molecule has 0 bridgehead atoms. The third-order valence-electron chi connectivity index (χ3n) is 4.20. The number of hydrogen-bond donors (Lipinski definition) is 1. The number of ether oxygens (including phenoxy) is 1. The molecule has 3 rings (SSSR count). The van der Waals surface area contributed by atoms with Crippen LogP contribution in [0.4, 0.5) is 5.69 Å². The molecule has 5 heteroatoms. The van der Waals surface area contributed by atoms with Crippen LogP contribution in [0.15, 0.2) is 48.5 Å². The number of benzene rings is 2. The Morgan fingerprint density at radius 1 is 1.16 bits per heavy atom. The lowest BCUT2D eigenvalue weighted by molar-refractivity contribution is -0.123. The molecule has 1 heterocycles. The predicted molar refractivity (Wildman–Crippen MR) is 96.8 cm³/mol. The Labute approximate surface area is 147 Å². The van der Waals surface area contributed by atoms with Crippen LogP contribution in [0.2, 0.25) is 0 Å². The van der Waals surface area contributed by atoms with Gasteiger partial charge in [-0.05, 0) is 43.7 Å². The summed E-state index contributed by atoms with van der Waals surface area (Å²) in [5, 5.41) is 2.88. The first-order valence-electron chi connectivity index (χ1n) is 8.37. The van der Waals surface area contributed by atoms with Crippen LogP contribution in [0.5, 0.6) is 5.75 Å². The average Bonchev–Trinajstić information content (AvgIpc) is 2.94. The van der Waals surface area contributed by atoms with Crippen LogP contribution in [0.3, 0.4) is 0 Å². The molecule has 1 saturated heterocycles. The lowest BCUT2D eigenvalue weighted by Gasteiger charge is -2.17. The van der Waals surface area contributed by atoms with Crippen molar-refractivity contribution in [3.05, 3.63) is 59.7 Å². The van der Waals surface area contributed by atoms with Crippen LogP contribution < -0.4 is 15.0 Å². The number of amides is 2. The molecule has 1 aliphatic rings. The van der Waals surface area contributed by atoms with E-state index >= 15 is 0 Å². The van der Waals surface area contributed by atoms with Gasteiger partial charge < -0.3 is 15.0 Å². The molecule has 1 N–H and O–H groups in total. The average molecular weight is 338 g/mol. The van der Waals surface area contributed by atoms with E-state index in [4.69, 9.17) is 4.74 Å². The summed E-state index contributed by atoms with van der Waals surface area (Å²) >= 11 is 0. The highest BCUT2D eigenvalue weighted by Gasteiger charge is 2.31. The van der Waals surface area contributed by atoms with Crippen molar-refractivity contribution in [2.45, 2.75) is 26.3 Å². The standard InChI is InChI=1S/C20H22N2O3/c1-14-6-8-17(9-7-14)22-12-16(11-20(22)24)21-19(23)13-25-18-5-3-4-15(2)10-18/h3-10,16H,11-13H2,1-2H3,(H,21,23)/t16-/m1/s1. The number of anilines is 1. The summed E-state index contributed by atoms with van der Waals surface area (Å²) in [5.74, 6) is 0.470. The summed E-state index contributed by atoms with van der Waals surface area (Å²) in [6.07, 6.45) is 0.310. The Morgan fingerprint density at radius 3 is 2.64 bits per heavy atom. The number of carbonyl (C=O) groups excluding carboxylic acids is 2. The van der Waals surface area contributed by atoms with Gasteiger partial charge in [-0.25, -0.2) is 0 Å². The molecule has 25 heavy (non-hydrogen) atoms. The molecule has 2 aromatic carbocycles. The van der Waals surface area contributed by atoms with Crippen molar-refractivity contribution in [3.8, 4) is 5.75 Å². The number of nitrogens with zero attached hydrogens (tertiary/aromatic N) is 1. The molecule has 5 nitrogen and oxygen atoms in total. The van der Waals surface area contributed by atoms with Crippen molar-refractivity contribution in [2.75, 3.05) is 18.1 Å². The van der Waals surface area contributed by atoms with Crippen LogP contribution in [-0.4, -0.2) is 31.0 Å². The number of aryl methyl sites for hydroxylation is 2. The summed E-state index contributed by atoms with van der Waals surface area (Å²) in [6.45, 7) is 4.40. The van der Waals surface area contributed by atoms with Crippen LogP contribution in [-0.2, 0) is 9.59 Å². The minimum atomic E-state index is -0.218. The van der Waals surface area contributed by atoms with Crippen LogP contribution >= 0.6 is 0 Å². The number of hydrogen-bond acceptors (Lipinski definition) is 3. The van der Waals surface area contributed by atoms with E-state index in [-0.39, 0.29) is 24.5 Å². The quantitative estimate of drug-likeness (QED) is 0.912. The van der Waals surface area contributed by atoms with Gasteiger partial charge in [0.25, 0.3) is 5.91 Å². The molecule has 1 fully saturated rings. The normalized spacial score (nSPS) is 16.8. The fourth-order valence-corrected chi connectivity index (χ4v) is 2.90. The fraction of sp³-hybridized carbons (Fsp3) is 0.300. The highest BCUT2D eigenvalue weighted by Crippen LogP contribution is 2.22. The number of nitrogens with one attached hydrogen (secondary N) is 1. The first-order valence-corrected chi connectivity index (χ1v) is 8.37. The van der Waals surface area contributed by atoms with Gasteiger partial charge in [0.2, 0.25) is 5.91 Å². The maximum atomic E-state index is 12.2. The van der Waals surface area contributed by atoms with Gasteiger partial charge in [0.15, 0.2) is 6.61 Å². The second kappa shape index (κ2) is 7.38. The van der Waals surface area contributed by atoms with Crippen molar-refractivity contribution < 1.29 is 14.3 Å². The monoisotopic (exact) mass is 338 g/mol. The topological polar surface area (TPSA) is 58.6 Å². The highest BCUT2D eigenvalue weighted by molar-refractivity contribution is 5.96. The number of carbonyl (C=O) groups is 2. The molecular formula is C20H22N2O3. The largest absolute Gasteiger partial charge is 0.484 e. The Kier molecular flexibility index (Phi) is 5.03. The van der Waals surface area contributed by atoms with Gasteiger partial charge in [-0.3, -0.25) is 9.59 Å². The molecule has 0 aromatic heterocycles. The van der Waals surface area contributed by atoms with Crippen molar-refractivity contribution in [1.82, 2.24) is 5.32 Å². The Morgan fingerprint density at radius 2 is 1.92 bits per heavy atom. The molecule has 2 amide bonds. The SMILES string of the molecule is Cc1ccc(N2C[C@H](NC(=O)COc3cccc(C)c3)CC2=O)cc1. The predicted octanol–water partition coefficient (Wildman–Crippen LogP) is 2.60. The van der Waals surface area contributed by atoms with Gasteiger partial charge in [-0.15, -0.1) is 0 Å². The summed E-state index contributed by atoms with van der Waals surface area (Å²) in [5.41, 5.74) is 3.09. The van der Waals surface area contributed by atoms with E-state index in [1.807, 2.05) is 62.4 Å². The molecule has 0 spiro atoms. The fourth-order valence-electron chi connectivity index (χ4n) is 2.90. The maximum absolute atomic E-state index is 12.2. The van der Waals surface area contributed by atoms with Crippen molar-refractivity contribution in [2.24, 2.45) is 0 Å². The Balaban J connectivity index is 1.52. The second-order valence-electron chi connectivity index (χ2n) is 6.41. The van der Waals surface area contributed by atoms with E-state index in [0.29, 0.717) is 18.7 Å². The van der Waals surface area contributed by atoms with Crippen molar-refractivity contribution in [3.63, 3.8) is 0 Å². The molecule has 1 aliphatic heterocycles. The van der Waals surface area contributed by atoms with E-state index in [1.165, 1.54) is 0 Å². The Hall–Kier alpha value is -2.82.